The summed E-state index contributed by atoms with van der Waals surface area (Å²) in [5.74, 6) is 3.16. The van der Waals surface area contributed by atoms with Crippen molar-refractivity contribution in [2.45, 2.75) is 37.5 Å². The molecule has 0 unspecified atom stereocenters. The highest BCUT2D eigenvalue weighted by molar-refractivity contribution is 7.99. The van der Waals surface area contributed by atoms with E-state index in [0.717, 1.165) is 29.9 Å². The van der Waals surface area contributed by atoms with Gasteiger partial charge in [0.2, 0.25) is 11.1 Å². The van der Waals surface area contributed by atoms with E-state index in [-0.39, 0.29) is 11.7 Å². The van der Waals surface area contributed by atoms with Gasteiger partial charge in [-0.25, -0.2) is 4.98 Å². The monoisotopic (exact) mass is 432 g/mol. The van der Waals surface area contributed by atoms with Crippen molar-refractivity contribution < 1.29 is 13.9 Å². The Hall–Kier alpha value is -2.45. The van der Waals surface area contributed by atoms with E-state index < -0.39 is 0 Å². The molecule has 0 radical (unpaired) electrons. The maximum Gasteiger partial charge on any atom is 0.233 e. The Balaban J connectivity index is 1.41. The molecule has 29 heavy (non-hydrogen) atoms. The maximum atomic E-state index is 12.8. The van der Waals surface area contributed by atoms with E-state index in [1.807, 2.05) is 24.0 Å². The average molecular weight is 433 g/mol. The SMILES string of the molecule is COc1ccc(Cl)cc1-c1nc(SCC(=O)N(Cc2ccc(C)o2)C2CC2)n[nH]1. The molecule has 1 saturated carbocycles. The van der Waals surface area contributed by atoms with Crippen molar-refractivity contribution in [3.05, 3.63) is 46.9 Å². The molecule has 0 saturated heterocycles. The summed E-state index contributed by atoms with van der Waals surface area (Å²) in [4.78, 5) is 19.2. The normalized spacial score (nSPS) is 13.5. The van der Waals surface area contributed by atoms with Crippen LogP contribution in [0.1, 0.15) is 24.4 Å². The van der Waals surface area contributed by atoms with E-state index in [4.69, 9.17) is 20.8 Å². The highest BCUT2D eigenvalue weighted by Gasteiger charge is 2.33. The first-order valence-corrected chi connectivity index (χ1v) is 10.6. The lowest BCUT2D eigenvalue weighted by Gasteiger charge is -2.20. The van der Waals surface area contributed by atoms with Gasteiger partial charge in [0, 0.05) is 11.1 Å². The zero-order valence-electron chi connectivity index (χ0n) is 16.1. The van der Waals surface area contributed by atoms with Crippen molar-refractivity contribution in [2.24, 2.45) is 0 Å². The Kier molecular flexibility index (Phi) is 5.82. The number of methoxy groups -OCH3 is 1. The van der Waals surface area contributed by atoms with Crippen LogP contribution in [-0.2, 0) is 11.3 Å². The molecule has 7 nitrogen and oxygen atoms in total. The fourth-order valence-corrected chi connectivity index (χ4v) is 3.91. The number of ether oxygens (including phenoxy) is 1. The third-order valence-corrected chi connectivity index (χ3v) is 5.70. The number of aryl methyl sites for hydroxylation is 1. The highest BCUT2D eigenvalue weighted by atomic mass is 35.5. The molecule has 1 aromatic carbocycles. The highest BCUT2D eigenvalue weighted by Crippen LogP contribution is 2.32. The van der Waals surface area contributed by atoms with Crippen molar-refractivity contribution in [3.63, 3.8) is 0 Å². The molecule has 0 spiro atoms. The van der Waals surface area contributed by atoms with Crippen LogP contribution >= 0.6 is 23.4 Å². The van der Waals surface area contributed by atoms with E-state index in [9.17, 15) is 4.79 Å². The number of nitrogens with one attached hydrogen (secondary N) is 1. The zero-order chi connectivity index (χ0) is 20.4. The van der Waals surface area contributed by atoms with Crippen LogP contribution in [0.2, 0.25) is 5.02 Å². The van der Waals surface area contributed by atoms with Crippen LogP contribution in [0, 0.1) is 6.92 Å². The number of thioether (sulfide) groups is 1. The predicted octanol–water partition coefficient (Wildman–Crippen LogP) is 4.32. The second-order valence-electron chi connectivity index (χ2n) is 6.87. The Morgan fingerprint density at radius 1 is 1.38 bits per heavy atom. The number of aromatic nitrogens is 3. The molecule has 1 aliphatic rings. The molecule has 1 fully saturated rings. The number of halogens is 1. The van der Waals surface area contributed by atoms with Crippen molar-refractivity contribution in [3.8, 4) is 17.1 Å². The molecule has 9 heteroatoms. The van der Waals surface area contributed by atoms with Gasteiger partial charge in [-0.15, -0.1) is 5.10 Å². The minimum Gasteiger partial charge on any atom is -0.496 e. The van der Waals surface area contributed by atoms with Gasteiger partial charge in [-0.3, -0.25) is 9.89 Å². The van der Waals surface area contributed by atoms with Gasteiger partial charge < -0.3 is 14.1 Å². The number of hydrogen-bond donors (Lipinski definition) is 1. The number of hydrogen-bond acceptors (Lipinski definition) is 6. The Bertz CT molecular complexity index is 1010. The van der Waals surface area contributed by atoms with Gasteiger partial charge >= 0.3 is 0 Å². The van der Waals surface area contributed by atoms with Crippen molar-refractivity contribution in [1.82, 2.24) is 20.1 Å². The van der Waals surface area contributed by atoms with Crippen LogP contribution in [0.5, 0.6) is 5.75 Å². The second-order valence-corrected chi connectivity index (χ2v) is 8.24. The second kappa shape index (κ2) is 8.51. The van der Waals surface area contributed by atoms with Crippen LogP contribution in [-0.4, -0.2) is 44.9 Å². The Morgan fingerprint density at radius 3 is 2.90 bits per heavy atom. The molecule has 0 atom stereocenters. The lowest BCUT2D eigenvalue weighted by atomic mass is 10.2. The molecule has 3 aromatic rings. The van der Waals surface area contributed by atoms with Gasteiger partial charge in [0.25, 0.3) is 0 Å². The van der Waals surface area contributed by atoms with E-state index in [0.29, 0.717) is 34.3 Å². The van der Waals surface area contributed by atoms with Crippen LogP contribution in [0.4, 0.5) is 0 Å². The van der Waals surface area contributed by atoms with E-state index in [2.05, 4.69) is 15.2 Å². The summed E-state index contributed by atoms with van der Waals surface area (Å²) in [6.07, 6.45) is 2.07. The molecular formula is C20H21ClN4O3S. The summed E-state index contributed by atoms with van der Waals surface area (Å²) in [6.45, 7) is 2.40. The van der Waals surface area contributed by atoms with E-state index in [1.54, 1.807) is 25.3 Å². The van der Waals surface area contributed by atoms with Gasteiger partial charge in [0.1, 0.15) is 17.3 Å². The molecule has 2 heterocycles. The Labute approximate surface area is 177 Å². The molecule has 152 valence electrons. The molecule has 1 N–H and O–H groups in total. The number of furan rings is 1. The minimum absolute atomic E-state index is 0.0539. The fourth-order valence-electron chi connectivity index (χ4n) is 3.05. The number of nitrogens with zero attached hydrogens (tertiary/aromatic N) is 3. The van der Waals surface area contributed by atoms with Crippen LogP contribution in [0.15, 0.2) is 39.9 Å². The molecular weight excluding hydrogens is 412 g/mol. The summed E-state index contributed by atoms with van der Waals surface area (Å²) in [6, 6.07) is 9.43. The maximum absolute atomic E-state index is 12.8. The Morgan fingerprint density at radius 2 is 2.21 bits per heavy atom. The van der Waals surface area contributed by atoms with Crippen LogP contribution in [0.3, 0.4) is 0 Å². The third-order valence-electron chi connectivity index (χ3n) is 4.64. The lowest BCUT2D eigenvalue weighted by molar-refractivity contribution is -0.129. The quantitative estimate of drug-likeness (QED) is 0.533. The molecule has 1 aliphatic carbocycles. The van der Waals surface area contributed by atoms with Crippen LogP contribution < -0.4 is 4.74 Å². The number of carbonyl (C=O) groups excluding carboxylic acids is 1. The molecule has 0 aliphatic heterocycles. The molecule has 0 bridgehead atoms. The number of amides is 1. The van der Waals surface area contributed by atoms with Gasteiger partial charge in [0.15, 0.2) is 5.82 Å². The largest absolute Gasteiger partial charge is 0.496 e. The molecule has 4 rings (SSSR count). The summed E-state index contributed by atoms with van der Waals surface area (Å²) >= 11 is 7.39. The van der Waals surface area contributed by atoms with Gasteiger partial charge in [-0.05, 0) is 50.1 Å². The smallest absolute Gasteiger partial charge is 0.233 e. The van der Waals surface area contributed by atoms with E-state index in [1.165, 1.54) is 11.8 Å². The summed E-state index contributed by atoms with van der Waals surface area (Å²) in [5, 5.41) is 8.19. The van der Waals surface area contributed by atoms with Crippen molar-refractivity contribution in [2.75, 3.05) is 12.9 Å². The summed E-state index contributed by atoms with van der Waals surface area (Å²) in [5.41, 5.74) is 0.721. The predicted molar refractivity (Wildman–Crippen MR) is 111 cm³/mol. The number of benzene rings is 1. The van der Waals surface area contributed by atoms with Crippen molar-refractivity contribution >= 4 is 29.3 Å². The number of H-pyrrole nitrogens is 1. The third kappa shape index (κ3) is 4.76. The summed E-state index contributed by atoms with van der Waals surface area (Å²) < 4.78 is 11.0. The number of carbonyl (C=O) groups is 1. The standard InChI is InChI=1S/C20H21ClN4O3S/c1-12-3-7-15(28-12)10-25(14-5-6-14)18(26)11-29-20-22-19(23-24-20)16-9-13(21)4-8-17(16)27-2/h3-4,7-9,14H,5-6,10-11H2,1-2H3,(H,22,23,24). The van der Waals surface area contributed by atoms with Gasteiger partial charge in [0.05, 0.1) is 25.0 Å². The fraction of sp³-hybridized carbons (Fsp3) is 0.350. The van der Waals surface area contributed by atoms with E-state index >= 15 is 0 Å². The minimum atomic E-state index is 0.0539. The average Bonchev–Trinajstić information content (AvgIpc) is 3.29. The molecule has 1 amide bonds. The lowest BCUT2D eigenvalue weighted by Crippen LogP contribution is -2.33. The summed E-state index contributed by atoms with van der Waals surface area (Å²) in [7, 11) is 1.59. The molecule has 2 aromatic heterocycles. The van der Waals surface area contributed by atoms with Gasteiger partial charge in [-0.2, -0.15) is 0 Å². The zero-order valence-corrected chi connectivity index (χ0v) is 17.7. The first kappa shape index (κ1) is 19.8. The first-order chi connectivity index (χ1) is 14.0. The van der Waals surface area contributed by atoms with Crippen LogP contribution in [0.25, 0.3) is 11.4 Å². The number of rotatable bonds is 8. The van der Waals surface area contributed by atoms with Crippen molar-refractivity contribution in [1.29, 1.82) is 0 Å². The number of aromatic amines is 1. The topological polar surface area (TPSA) is 84.2 Å². The van der Waals surface area contributed by atoms with Gasteiger partial charge in [-0.1, -0.05) is 23.4 Å². The first-order valence-electron chi connectivity index (χ1n) is 9.27.